The van der Waals surface area contributed by atoms with Gasteiger partial charge >= 0.3 is 0 Å². The number of anilines is 1. The zero-order valence-corrected chi connectivity index (χ0v) is 12.6. The molecule has 0 aliphatic carbocycles. The molecule has 0 spiro atoms. The summed E-state index contributed by atoms with van der Waals surface area (Å²) in [6.45, 7) is 4.24. The summed E-state index contributed by atoms with van der Waals surface area (Å²) >= 11 is 9.31. The predicted molar refractivity (Wildman–Crippen MR) is 79.4 cm³/mol. The first-order valence-corrected chi connectivity index (χ1v) is 7.43. The number of halogens is 2. The molecule has 3 nitrogen and oxygen atoms in total. The van der Waals surface area contributed by atoms with Crippen molar-refractivity contribution < 1.29 is 4.74 Å². The monoisotopic (exact) mass is 332 g/mol. The van der Waals surface area contributed by atoms with E-state index in [1.807, 2.05) is 0 Å². The minimum atomic E-state index is 0.579. The molecular weight excluding hydrogens is 316 g/mol. The van der Waals surface area contributed by atoms with Gasteiger partial charge in [-0.1, -0.05) is 11.6 Å². The molecule has 0 radical (unpaired) electrons. The van der Waals surface area contributed by atoms with E-state index in [9.17, 15) is 0 Å². The van der Waals surface area contributed by atoms with Crippen molar-refractivity contribution in [2.75, 3.05) is 32.0 Å². The van der Waals surface area contributed by atoms with Crippen LogP contribution in [0.1, 0.15) is 19.3 Å². The molecule has 1 aliphatic rings. The van der Waals surface area contributed by atoms with E-state index in [1.54, 1.807) is 12.1 Å². The zero-order chi connectivity index (χ0) is 13.0. The lowest BCUT2D eigenvalue weighted by Gasteiger charge is -2.15. The predicted octanol–water partition coefficient (Wildman–Crippen LogP) is 3.55. The van der Waals surface area contributed by atoms with Gasteiger partial charge in [0, 0.05) is 11.6 Å². The topological polar surface area (TPSA) is 38.5 Å². The van der Waals surface area contributed by atoms with Gasteiger partial charge in [0.1, 0.15) is 0 Å². The van der Waals surface area contributed by atoms with Crippen molar-refractivity contribution in [2.24, 2.45) is 0 Å². The first-order chi connectivity index (χ1) is 8.66. The maximum absolute atomic E-state index is 5.90. The van der Waals surface area contributed by atoms with Crippen LogP contribution in [0.4, 0.5) is 5.69 Å². The molecule has 1 aromatic carbocycles. The van der Waals surface area contributed by atoms with Crippen molar-refractivity contribution in [3.05, 3.63) is 21.6 Å². The average Bonchev–Trinajstić information content (AvgIpc) is 2.79. The van der Waals surface area contributed by atoms with Crippen LogP contribution in [0.15, 0.2) is 16.6 Å². The van der Waals surface area contributed by atoms with Crippen molar-refractivity contribution in [1.29, 1.82) is 0 Å². The lowest BCUT2D eigenvalue weighted by molar-refractivity contribution is 0.263. The molecule has 0 bridgehead atoms. The second kappa shape index (κ2) is 6.64. The molecule has 0 amide bonds. The molecule has 1 aliphatic heterocycles. The largest absolute Gasteiger partial charge is 0.490 e. The number of nitrogens with zero attached hydrogens (tertiary/aromatic N) is 1. The Morgan fingerprint density at radius 3 is 2.72 bits per heavy atom. The van der Waals surface area contributed by atoms with Gasteiger partial charge in [0.2, 0.25) is 0 Å². The van der Waals surface area contributed by atoms with Gasteiger partial charge in [-0.05, 0) is 60.4 Å². The highest BCUT2D eigenvalue weighted by molar-refractivity contribution is 9.10. The highest BCUT2D eigenvalue weighted by Crippen LogP contribution is 2.34. The van der Waals surface area contributed by atoms with Crippen LogP contribution < -0.4 is 10.5 Å². The fraction of sp³-hybridized carbons (Fsp3) is 0.538. The summed E-state index contributed by atoms with van der Waals surface area (Å²) in [6.07, 6.45) is 3.68. The molecule has 2 rings (SSSR count). The van der Waals surface area contributed by atoms with Gasteiger partial charge in [-0.25, -0.2) is 0 Å². The number of benzene rings is 1. The molecule has 0 saturated carbocycles. The Morgan fingerprint density at radius 2 is 2.06 bits per heavy atom. The lowest BCUT2D eigenvalue weighted by atomic mass is 10.3. The van der Waals surface area contributed by atoms with Crippen LogP contribution >= 0.6 is 27.5 Å². The van der Waals surface area contributed by atoms with Crippen LogP contribution in [0.2, 0.25) is 5.02 Å². The van der Waals surface area contributed by atoms with Crippen LogP contribution in [0.3, 0.4) is 0 Å². The maximum Gasteiger partial charge on any atom is 0.156 e. The molecule has 18 heavy (non-hydrogen) atoms. The first kappa shape index (κ1) is 14.0. The molecule has 1 saturated heterocycles. The number of ether oxygens (including phenoxy) is 1. The van der Waals surface area contributed by atoms with Crippen molar-refractivity contribution in [3.63, 3.8) is 0 Å². The SMILES string of the molecule is Nc1cc(Cl)cc(Br)c1OCCCN1CCCC1. The van der Waals surface area contributed by atoms with Crippen molar-refractivity contribution in [1.82, 2.24) is 4.90 Å². The van der Waals surface area contributed by atoms with Gasteiger partial charge in [-0.3, -0.25) is 0 Å². The van der Waals surface area contributed by atoms with Crippen LogP contribution in [-0.4, -0.2) is 31.1 Å². The van der Waals surface area contributed by atoms with Gasteiger partial charge in [0.25, 0.3) is 0 Å². The molecule has 1 aromatic rings. The molecule has 0 unspecified atom stereocenters. The number of rotatable bonds is 5. The second-order valence-corrected chi connectivity index (χ2v) is 5.85. The van der Waals surface area contributed by atoms with Gasteiger partial charge in [-0.15, -0.1) is 0 Å². The summed E-state index contributed by atoms with van der Waals surface area (Å²) in [5.74, 6) is 0.695. The third-order valence-corrected chi connectivity index (χ3v) is 3.91. The van der Waals surface area contributed by atoms with E-state index in [1.165, 1.54) is 25.9 Å². The summed E-state index contributed by atoms with van der Waals surface area (Å²) in [7, 11) is 0. The molecule has 2 N–H and O–H groups in total. The second-order valence-electron chi connectivity index (χ2n) is 4.56. The fourth-order valence-corrected chi connectivity index (χ4v) is 3.15. The Kier molecular flexibility index (Phi) is 5.15. The minimum absolute atomic E-state index is 0.579. The Morgan fingerprint density at radius 1 is 1.33 bits per heavy atom. The first-order valence-electron chi connectivity index (χ1n) is 6.26. The highest BCUT2D eigenvalue weighted by Gasteiger charge is 2.11. The number of hydrogen-bond donors (Lipinski definition) is 1. The van der Waals surface area contributed by atoms with Crippen molar-refractivity contribution in [3.8, 4) is 5.75 Å². The standard InChI is InChI=1S/C13H18BrClN2O/c14-11-8-10(15)9-12(16)13(11)18-7-3-6-17-4-1-2-5-17/h8-9H,1-7,16H2. The third kappa shape index (κ3) is 3.77. The number of nitrogens with two attached hydrogens (primary N) is 1. The third-order valence-electron chi connectivity index (χ3n) is 3.10. The molecule has 0 atom stereocenters. The molecule has 100 valence electrons. The Balaban J connectivity index is 1.79. The summed E-state index contributed by atoms with van der Waals surface area (Å²) in [6, 6.07) is 3.51. The van der Waals surface area contributed by atoms with Gasteiger partial charge in [0.15, 0.2) is 5.75 Å². The molecule has 5 heteroatoms. The quantitative estimate of drug-likeness (QED) is 0.661. The van der Waals surface area contributed by atoms with E-state index < -0.39 is 0 Å². The van der Waals surface area contributed by atoms with E-state index >= 15 is 0 Å². The Bertz CT molecular complexity index is 385. The molecule has 1 heterocycles. The summed E-state index contributed by atoms with van der Waals surface area (Å²) in [5.41, 5.74) is 6.46. The summed E-state index contributed by atoms with van der Waals surface area (Å²) in [5, 5.41) is 0.615. The Hall–Kier alpha value is -0.450. The summed E-state index contributed by atoms with van der Waals surface area (Å²) < 4.78 is 6.54. The molecule has 0 aromatic heterocycles. The highest BCUT2D eigenvalue weighted by atomic mass is 79.9. The molecule has 1 fully saturated rings. The number of nitrogen functional groups attached to an aromatic ring is 1. The fourth-order valence-electron chi connectivity index (χ4n) is 2.20. The maximum atomic E-state index is 5.90. The van der Waals surface area contributed by atoms with Crippen molar-refractivity contribution >= 4 is 33.2 Å². The minimum Gasteiger partial charge on any atom is -0.490 e. The number of likely N-dealkylation sites (tertiary alicyclic amines) is 1. The van der Waals surface area contributed by atoms with E-state index in [-0.39, 0.29) is 0 Å². The number of hydrogen-bond acceptors (Lipinski definition) is 3. The van der Waals surface area contributed by atoms with Crippen LogP contribution in [0.5, 0.6) is 5.75 Å². The van der Waals surface area contributed by atoms with Crippen LogP contribution in [0, 0.1) is 0 Å². The summed E-state index contributed by atoms with van der Waals surface area (Å²) in [4.78, 5) is 2.48. The Labute approximate surface area is 121 Å². The molecular formula is C13H18BrClN2O. The van der Waals surface area contributed by atoms with Gasteiger partial charge in [0.05, 0.1) is 16.8 Å². The van der Waals surface area contributed by atoms with E-state index in [4.69, 9.17) is 22.1 Å². The van der Waals surface area contributed by atoms with Crippen LogP contribution in [-0.2, 0) is 0 Å². The van der Waals surface area contributed by atoms with Crippen LogP contribution in [0.25, 0.3) is 0 Å². The van der Waals surface area contributed by atoms with Gasteiger partial charge in [-0.2, -0.15) is 0 Å². The van der Waals surface area contributed by atoms with E-state index in [0.717, 1.165) is 17.4 Å². The van der Waals surface area contributed by atoms with E-state index in [0.29, 0.717) is 23.1 Å². The van der Waals surface area contributed by atoms with Crippen molar-refractivity contribution in [2.45, 2.75) is 19.3 Å². The average molecular weight is 334 g/mol. The van der Waals surface area contributed by atoms with E-state index in [2.05, 4.69) is 20.8 Å². The van der Waals surface area contributed by atoms with Gasteiger partial charge < -0.3 is 15.4 Å². The zero-order valence-electron chi connectivity index (χ0n) is 10.3. The normalized spacial score (nSPS) is 16.1. The lowest BCUT2D eigenvalue weighted by Crippen LogP contribution is -2.22. The smallest absolute Gasteiger partial charge is 0.156 e.